The monoisotopic (exact) mass is 652 g/mol. The van der Waals surface area contributed by atoms with E-state index in [1.54, 1.807) is 30.3 Å². The Labute approximate surface area is 272 Å². The maximum absolute atomic E-state index is 13.2. The minimum absolute atomic E-state index is 0.0545. The molecule has 252 valence electrons. The Morgan fingerprint density at radius 1 is 0.851 bits per heavy atom. The molecule has 14 nitrogen and oxygen atoms in total. The molecule has 1 fully saturated rings. The Hall–Kier alpha value is -4.82. The largest absolute Gasteiger partial charge is 0.533 e. The minimum Gasteiger partial charge on any atom is -0.432 e. The first-order valence-electron chi connectivity index (χ1n) is 15.7. The maximum Gasteiger partial charge on any atom is 0.533 e. The third-order valence-corrected chi connectivity index (χ3v) is 7.55. The van der Waals surface area contributed by atoms with E-state index < -0.39 is 23.9 Å². The number of nitrogens with one attached hydrogen (secondary N) is 3. The van der Waals surface area contributed by atoms with Gasteiger partial charge < -0.3 is 30.2 Å². The Kier molecular flexibility index (Phi) is 12.8. The van der Waals surface area contributed by atoms with Gasteiger partial charge in [0.05, 0.1) is 13.2 Å². The summed E-state index contributed by atoms with van der Waals surface area (Å²) in [5.74, 6) is -2.58. The lowest BCUT2D eigenvalue weighted by atomic mass is 9.96. The van der Waals surface area contributed by atoms with Crippen LogP contribution < -0.4 is 16.0 Å². The number of benzene rings is 2. The molecule has 1 aliphatic carbocycles. The number of hydroxylamine groups is 2. The van der Waals surface area contributed by atoms with Gasteiger partial charge in [0, 0.05) is 69.2 Å². The van der Waals surface area contributed by atoms with Gasteiger partial charge in [-0.25, -0.2) is 4.79 Å². The zero-order chi connectivity index (χ0) is 33.8. The highest BCUT2D eigenvalue weighted by Gasteiger charge is 2.36. The molecule has 14 heteroatoms. The summed E-state index contributed by atoms with van der Waals surface area (Å²) in [5.41, 5.74) is 3.64. The smallest absolute Gasteiger partial charge is 0.432 e. The Morgan fingerprint density at radius 3 is 2.23 bits per heavy atom. The summed E-state index contributed by atoms with van der Waals surface area (Å²) >= 11 is 0. The molecule has 0 saturated carbocycles. The number of carbonyl (C=O) groups excluding carboxylic acids is 6. The summed E-state index contributed by atoms with van der Waals surface area (Å²) < 4.78 is 15.9. The van der Waals surface area contributed by atoms with Gasteiger partial charge in [0.25, 0.3) is 17.7 Å². The molecule has 1 atom stereocenters. The van der Waals surface area contributed by atoms with Crippen LogP contribution in [0.2, 0.25) is 0 Å². The Morgan fingerprint density at radius 2 is 1.53 bits per heavy atom. The zero-order valence-electron chi connectivity index (χ0n) is 26.6. The molecule has 2 aliphatic rings. The quantitative estimate of drug-likeness (QED) is 0.131. The summed E-state index contributed by atoms with van der Waals surface area (Å²) in [4.78, 5) is 79.1. The van der Waals surface area contributed by atoms with Gasteiger partial charge >= 0.3 is 6.16 Å². The number of carbonyl (C=O) groups is 6. The molecule has 2 aromatic carbocycles. The van der Waals surface area contributed by atoms with Crippen molar-refractivity contribution in [3.63, 3.8) is 0 Å². The second-order valence-electron chi connectivity index (χ2n) is 10.8. The summed E-state index contributed by atoms with van der Waals surface area (Å²) in [7, 11) is 0. The average Bonchev–Trinajstić information content (AvgIpc) is 3.54. The van der Waals surface area contributed by atoms with Crippen LogP contribution in [0.3, 0.4) is 0 Å². The molecular weight excluding hydrogens is 612 g/mol. The third kappa shape index (κ3) is 9.36. The molecule has 47 heavy (non-hydrogen) atoms. The Balaban J connectivity index is 1.48. The molecule has 1 saturated heterocycles. The summed E-state index contributed by atoms with van der Waals surface area (Å²) in [6, 6.07) is 10.5. The number of nitrogens with zero attached hydrogens (tertiary/aromatic N) is 1. The number of amides is 5. The average molecular weight is 653 g/mol. The maximum atomic E-state index is 13.2. The number of anilines is 1. The lowest BCUT2D eigenvalue weighted by molar-refractivity contribution is -0.177. The lowest BCUT2D eigenvalue weighted by Gasteiger charge is -2.17. The number of imide groups is 1. The first-order chi connectivity index (χ1) is 22.7. The van der Waals surface area contributed by atoms with Gasteiger partial charge in [-0.2, -0.15) is 0 Å². The van der Waals surface area contributed by atoms with Crippen molar-refractivity contribution in [1.82, 2.24) is 15.7 Å². The molecule has 0 aromatic heterocycles. The summed E-state index contributed by atoms with van der Waals surface area (Å²) in [6.45, 7) is 6.10. The van der Waals surface area contributed by atoms with Crippen LogP contribution in [-0.2, 0) is 38.2 Å². The van der Waals surface area contributed by atoms with Crippen LogP contribution in [0.1, 0.15) is 73.4 Å². The first kappa shape index (κ1) is 35.0. The molecule has 1 heterocycles. The van der Waals surface area contributed by atoms with E-state index in [4.69, 9.17) is 19.0 Å². The van der Waals surface area contributed by atoms with Gasteiger partial charge in [-0.05, 0) is 60.7 Å². The number of rotatable bonds is 17. The fraction of sp³-hybridized carbons (Fsp3) is 0.455. The predicted octanol–water partition coefficient (Wildman–Crippen LogP) is 3.04. The third-order valence-electron chi connectivity index (χ3n) is 7.55. The Bertz CT molecular complexity index is 1480. The van der Waals surface area contributed by atoms with E-state index >= 15 is 0 Å². The molecular formula is C33H40N4O10. The number of fused-ring (bicyclic) bond motifs is 3. The summed E-state index contributed by atoms with van der Waals surface area (Å²) in [5, 5.41) is 8.86. The minimum atomic E-state index is -1.22. The zero-order valence-corrected chi connectivity index (χ0v) is 26.6. The lowest BCUT2D eigenvalue weighted by Crippen LogP contribution is -2.32. The fourth-order valence-corrected chi connectivity index (χ4v) is 5.37. The van der Waals surface area contributed by atoms with E-state index in [-0.39, 0.29) is 50.0 Å². The molecule has 0 spiro atoms. The van der Waals surface area contributed by atoms with Crippen molar-refractivity contribution < 1.29 is 47.8 Å². The summed E-state index contributed by atoms with van der Waals surface area (Å²) in [6.07, 6.45) is -0.666. The van der Waals surface area contributed by atoms with Crippen molar-refractivity contribution in [2.75, 3.05) is 51.4 Å². The molecule has 2 aromatic rings. The van der Waals surface area contributed by atoms with E-state index in [1.165, 1.54) is 0 Å². The van der Waals surface area contributed by atoms with Crippen molar-refractivity contribution in [1.29, 1.82) is 0 Å². The van der Waals surface area contributed by atoms with Gasteiger partial charge in [-0.1, -0.05) is 23.3 Å². The first-order valence-corrected chi connectivity index (χ1v) is 15.7. The van der Waals surface area contributed by atoms with Crippen LogP contribution in [0.15, 0.2) is 36.4 Å². The van der Waals surface area contributed by atoms with E-state index in [1.807, 2.05) is 19.9 Å². The van der Waals surface area contributed by atoms with Gasteiger partial charge in [-0.3, -0.25) is 28.8 Å². The number of hydrogen-bond acceptors (Lipinski definition) is 10. The standard InChI is InChI=1S/C33H40N4O10/c1-3-44-17-15-34-27(38)9-6-10-28(39)36-21-11-12-23-25(19-21)26(20-46-33(43)47-37-29(40)13-14-30(37)41)22-7-5-8-24(31(22)23)32(42)35-16-18-45-4-2/h5,7-8,11-12,19,26H,3-4,6,9-10,13-18,20H2,1-2H3,(H,34,38)(H,35,42)(H,36,39). The second kappa shape index (κ2) is 17.2. The van der Waals surface area contributed by atoms with Crippen molar-refractivity contribution in [3.05, 3.63) is 53.1 Å². The van der Waals surface area contributed by atoms with Crippen LogP contribution in [-0.4, -0.2) is 86.9 Å². The molecule has 0 radical (unpaired) electrons. The molecule has 3 N–H and O–H groups in total. The predicted molar refractivity (Wildman–Crippen MR) is 168 cm³/mol. The number of hydrogen-bond donors (Lipinski definition) is 3. The second-order valence-corrected chi connectivity index (χ2v) is 10.8. The van der Waals surface area contributed by atoms with E-state index in [2.05, 4.69) is 16.0 Å². The topological polar surface area (TPSA) is 179 Å². The van der Waals surface area contributed by atoms with Crippen LogP contribution in [0.25, 0.3) is 11.1 Å². The van der Waals surface area contributed by atoms with Crippen LogP contribution >= 0.6 is 0 Å². The van der Waals surface area contributed by atoms with E-state index in [0.717, 1.165) is 0 Å². The van der Waals surface area contributed by atoms with Crippen molar-refractivity contribution in [2.24, 2.45) is 0 Å². The molecule has 0 bridgehead atoms. The van der Waals surface area contributed by atoms with Crippen molar-refractivity contribution in [3.8, 4) is 11.1 Å². The SMILES string of the molecule is CCOCCNC(=O)CCCC(=O)Nc1ccc2c(c1)C(COC(=O)ON1C(=O)CCC1=O)c1cccc(C(=O)NCCOCC)c1-2. The highest BCUT2D eigenvalue weighted by atomic mass is 16.8. The molecule has 1 unspecified atom stereocenters. The molecule has 1 aliphatic heterocycles. The van der Waals surface area contributed by atoms with Gasteiger partial charge in [0.15, 0.2) is 0 Å². The van der Waals surface area contributed by atoms with Crippen LogP contribution in [0.5, 0.6) is 0 Å². The van der Waals surface area contributed by atoms with Crippen LogP contribution in [0, 0.1) is 0 Å². The van der Waals surface area contributed by atoms with E-state index in [0.29, 0.717) is 84.5 Å². The van der Waals surface area contributed by atoms with Crippen molar-refractivity contribution >= 4 is 41.4 Å². The highest BCUT2D eigenvalue weighted by molar-refractivity contribution is 6.04. The molecule has 4 rings (SSSR count). The van der Waals surface area contributed by atoms with Gasteiger partial charge in [0.1, 0.15) is 6.61 Å². The molecule has 5 amide bonds. The number of ether oxygens (including phenoxy) is 3. The van der Waals surface area contributed by atoms with E-state index in [9.17, 15) is 28.8 Å². The normalized spacial score (nSPS) is 14.8. The van der Waals surface area contributed by atoms with Crippen LogP contribution in [0.4, 0.5) is 10.5 Å². The van der Waals surface area contributed by atoms with Gasteiger partial charge in [0.2, 0.25) is 11.8 Å². The fourth-order valence-electron chi connectivity index (χ4n) is 5.37. The van der Waals surface area contributed by atoms with Gasteiger partial charge in [-0.15, -0.1) is 0 Å². The van der Waals surface area contributed by atoms with Crippen molar-refractivity contribution in [2.45, 2.75) is 51.9 Å². The highest BCUT2D eigenvalue weighted by Crippen LogP contribution is 2.47.